The molecule has 0 fully saturated rings. The Labute approximate surface area is 86.7 Å². The van der Waals surface area contributed by atoms with Gasteiger partial charge < -0.3 is 4.98 Å². The van der Waals surface area contributed by atoms with Gasteiger partial charge in [-0.1, -0.05) is 12.1 Å². The van der Waals surface area contributed by atoms with Crippen LogP contribution in [-0.4, -0.2) is 9.91 Å². The minimum Gasteiger partial charge on any atom is -0.361 e. The summed E-state index contributed by atoms with van der Waals surface area (Å²) in [5, 5.41) is 10.8. The van der Waals surface area contributed by atoms with Crippen molar-refractivity contribution in [2.24, 2.45) is 0 Å². The van der Waals surface area contributed by atoms with Gasteiger partial charge in [-0.3, -0.25) is 10.1 Å². The van der Waals surface area contributed by atoms with Crippen molar-refractivity contribution in [1.82, 2.24) is 4.98 Å². The van der Waals surface area contributed by atoms with Gasteiger partial charge in [0, 0.05) is 12.3 Å². The molecule has 0 bridgehead atoms. The molecule has 1 aromatic heterocycles. The number of para-hydroxylation sites is 1. The van der Waals surface area contributed by atoms with Crippen molar-refractivity contribution < 1.29 is 4.92 Å². The highest BCUT2D eigenvalue weighted by molar-refractivity contribution is 5.71. The maximum Gasteiger partial charge on any atom is 0.278 e. The van der Waals surface area contributed by atoms with E-state index in [1.807, 2.05) is 19.2 Å². The van der Waals surface area contributed by atoms with Crippen LogP contribution in [0.15, 0.2) is 36.5 Å². The van der Waals surface area contributed by atoms with Crippen LogP contribution in [0.5, 0.6) is 0 Å². The standard InChI is InChI=1S/C11H10N2O2/c1-8-6-10(12-7-8)9-4-2-3-5-11(9)13(14)15/h2-7,12H,1H3. The number of H-pyrrole nitrogens is 1. The lowest BCUT2D eigenvalue weighted by molar-refractivity contribution is -0.384. The van der Waals surface area contributed by atoms with Crippen LogP contribution in [0.25, 0.3) is 11.3 Å². The molecule has 0 saturated heterocycles. The maximum atomic E-state index is 10.8. The summed E-state index contributed by atoms with van der Waals surface area (Å²) in [4.78, 5) is 13.4. The molecule has 0 saturated carbocycles. The molecule has 0 spiro atoms. The predicted octanol–water partition coefficient (Wildman–Crippen LogP) is 2.90. The Morgan fingerprint density at radius 3 is 2.67 bits per heavy atom. The van der Waals surface area contributed by atoms with Gasteiger partial charge in [-0.2, -0.15) is 0 Å². The molecular formula is C11H10N2O2. The fourth-order valence-electron chi connectivity index (χ4n) is 1.52. The van der Waals surface area contributed by atoms with Crippen LogP contribution < -0.4 is 0 Å². The molecule has 0 aliphatic heterocycles. The summed E-state index contributed by atoms with van der Waals surface area (Å²) in [6.45, 7) is 1.94. The first-order valence-corrected chi connectivity index (χ1v) is 4.57. The average Bonchev–Trinajstić information content (AvgIpc) is 2.65. The fraction of sp³-hybridized carbons (Fsp3) is 0.0909. The molecule has 2 aromatic rings. The van der Waals surface area contributed by atoms with E-state index in [1.165, 1.54) is 6.07 Å². The number of nitrogens with zero attached hydrogens (tertiary/aromatic N) is 1. The van der Waals surface area contributed by atoms with E-state index in [1.54, 1.807) is 18.2 Å². The molecular weight excluding hydrogens is 192 g/mol. The summed E-state index contributed by atoms with van der Waals surface area (Å²) in [6, 6.07) is 8.59. The molecule has 1 N–H and O–H groups in total. The summed E-state index contributed by atoms with van der Waals surface area (Å²) >= 11 is 0. The van der Waals surface area contributed by atoms with E-state index < -0.39 is 0 Å². The third kappa shape index (κ3) is 1.74. The van der Waals surface area contributed by atoms with Crippen molar-refractivity contribution in [1.29, 1.82) is 0 Å². The number of aromatic amines is 1. The molecule has 1 aromatic carbocycles. The molecule has 0 unspecified atom stereocenters. The van der Waals surface area contributed by atoms with Crippen molar-refractivity contribution in [2.45, 2.75) is 6.92 Å². The lowest BCUT2D eigenvalue weighted by Gasteiger charge is -1.99. The number of benzene rings is 1. The summed E-state index contributed by atoms with van der Waals surface area (Å²) in [7, 11) is 0. The van der Waals surface area contributed by atoms with E-state index in [0.717, 1.165) is 11.3 Å². The Morgan fingerprint density at radius 2 is 2.07 bits per heavy atom. The zero-order chi connectivity index (χ0) is 10.8. The van der Waals surface area contributed by atoms with Gasteiger partial charge in [0.1, 0.15) is 0 Å². The SMILES string of the molecule is Cc1c[nH]c(-c2ccccc2[N+](=O)[O-])c1. The summed E-state index contributed by atoms with van der Waals surface area (Å²) in [5.74, 6) is 0. The number of aromatic nitrogens is 1. The van der Waals surface area contributed by atoms with Gasteiger partial charge in [0.25, 0.3) is 5.69 Å². The Balaban J connectivity index is 2.57. The summed E-state index contributed by atoms with van der Waals surface area (Å²) in [5.41, 5.74) is 2.58. The van der Waals surface area contributed by atoms with Crippen LogP contribution >= 0.6 is 0 Å². The van der Waals surface area contributed by atoms with Crippen molar-refractivity contribution in [3.63, 3.8) is 0 Å². The van der Waals surface area contributed by atoms with Crippen LogP contribution in [0.1, 0.15) is 5.56 Å². The van der Waals surface area contributed by atoms with Gasteiger partial charge >= 0.3 is 0 Å². The Hall–Kier alpha value is -2.10. The van der Waals surface area contributed by atoms with Crippen LogP contribution in [0.2, 0.25) is 0 Å². The second-order valence-corrected chi connectivity index (χ2v) is 3.36. The van der Waals surface area contributed by atoms with Crippen LogP contribution in [-0.2, 0) is 0 Å². The zero-order valence-corrected chi connectivity index (χ0v) is 8.23. The minimum absolute atomic E-state index is 0.124. The molecule has 76 valence electrons. The monoisotopic (exact) mass is 202 g/mol. The number of nitrogens with one attached hydrogen (secondary N) is 1. The number of hydrogen-bond donors (Lipinski definition) is 1. The van der Waals surface area contributed by atoms with E-state index in [0.29, 0.717) is 5.56 Å². The van der Waals surface area contributed by atoms with Gasteiger partial charge in [-0.25, -0.2) is 0 Å². The molecule has 4 nitrogen and oxygen atoms in total. The maximum absolute atomic E-state index is 10.8. The largest absolute Gasteiger partial charge is 0.361 e. The van der Waals surface area contributed by atoms with Crippen LogP contribution in [0, 0.1) is 17.0 Å². The normalized spacial score (nSPS) is 10.2. The topological polar surface area (TPSA) is 58.9 Å². The molecule has 0 atom stereocenters. The second-order valence-electron chi connectivity index (χ2n) is 3.36. The van der Waals surface area contributed by atoms with Gasteiger partial charge in [0.05, 0.1) is 16.2 Å². The van der Waals surface area contributed by atoms with E-state index >= 15 is 0 Å². The first-order chi connectivity index (χ1) is 7.18. The Bertz CT molecular complexity index is 503. The summed E-state index contributed by atoms with van der Waals surface area (Å²) in [6.07, 6.45) is 1.83. The second kappa shape index (κ2) is 3.57. The van der Waals surface area contributed by atoms with E-state index in [2.05, 4.69) is 4.98 Å². The first-order valence-electron chi connectivity index (χ1n) is 4.57. The zero-order valence-electron chi connectivity index (χ0n) is 8.23. The highest BCUT2D eigenvalue weighted by Crippen LogP contribution is 2.28. The van der Waals surface area contributed by atoms with E-state index in [4.69, 9.17) is 0 Å². The molecule has 15 heavy (non-hydrogen) atoms. The number of nitro benzene ring substituents is 1. The molecule has 0 aliphatic carbocycles. The molecule has 0 aliphatic rings. The molecule has 2 rings (SSSR count). The third-order valence-corrected chi connectivity index (χ3v) is 2.22. The highest BCUT2D eigenvalue weighted by Gasteiger charge is 2.14. The molecule has 1 heterocycles. The number of hydrogen-bond acceptors (Lipinski definition) is 2. The van der Waals surface area contributed by atoms with Crippen molar-refractivity contribution >= 4 is 5.69 Å². The molecule has 0 radical (unpaired) electrons. The predicted molar refractivity (Wildman–Crippen MR) is 57.6 cm³/mol. The van der Waals surface area contributed by atoms with Gasteiger partial charge in [0.15, 0.2) is 0 Å². The lowest BCUT2D eigenvalue weighted by atomic mass is 10.1. The minimum atomic E-state index is -0.370. The van der Waals surface area contributed by atoms with Crippen molar-refractivity contribution in [3.8, 4) is 11.3 Å². The van der Waals surface area contributed by atoms with E-state index in [-0.39, 0.29) is 10.6 Å². The fourth-order valence-corrected chi connectivity index (χ4v) is 1.52. The van der Waals surface area contributed by atoms with Gasteiger partial charge in [0.2, 0.25) is 0 Å². The quantitative estimate of drug-likeness (QED) is 0.601. The van der Waals surface area contributed by atoms with Crippen molar-refractivity contribution in [3.05, 3.63) is 52.2 Å². The summed E-state index contributed by atoms with van der Waals surface area (Å²) < 4.78 is 0. The number of aryl methyl sites for hydroxylation is 1. The molecule has 4 heteroatoms. The van der Waals surface area contributed by atoms with Gasteiger partial charge in [-0.05, 0) is 24.6 Å². The smallest absolute Gasteiger partial charge is 0.278 e. The highest BCUT2D eigenvalue weighted by atomic mass is 16.6. The van der Waals surface area contributed by atoms with E-state index in [9.17, 15) is 10.1 Å². The molecule has 0 amide bonds. The third-order valence-electron chi connectivity index (χ3n) is 2.22. The lowest BCUT2D eigenvalue weighted by Crippen LogP contribution is -1.91. The van der Waals surface area contributed by atoms with Crippen LogP contribution in [0.3, 0.4) is 0 Å². The van der Waals surface area contributed by atoms with Crippen molar-refractivity contribution in [2.75, 3.05) is 0 Å². The average molecular weight is 202 g/mol. The Kier molecular flexibility index (Phi) is 2.25. The van der Waals surface area contributed by atoms with Gasteiger partial charge in [-0.15, -0.1) is 0 Å². The van der Waals surface area contributed by atoms with Crippen LogP contribution in [0.4, 0.5) is 5.69 Å². The Morgan fingerprint density at radius 1 is 1.33 bits per heavy atom. The first kappa shape index (κ1) is 9.45. The number of nitro groups is 1. The number of rotatable bonds is 2.